The van der Waals surface area contributed by atoms with E-state index in [4.69, 9.17) is 27.9 Å². The number of benzene rings is 2. The fourth-order valence-corrected chi connectivity index (χ4v) is 2.34. The maximum atomic E-state index is 12.3. The van der Waals surface area contributed by atoms with Gasteiger partial charge in [-0.25, -0.2) is 0 Å². The summed E-state index contributed by atoms with van der Waals surface area (Å²) >= 11 is 11.8. The minimum atomic E-state index is -2.95. The molecule has 4 nitrogen and oxygen atoms in total. The van der Waals surface area contributed by atoms with Crippen LogP contribution in [0.1, 0.15) is 15.9 Å². The molecular weight excluding hydrogens is 363 g/mol. The molecule has 0 bridgehead atoms. The van der Waals surface area contributed by atoms with Gasteiger partial charge in [-0.05, 0) is 35.9 Å². The van der Waals surface area contributed by atoms with Gasteiger partial charge in [-0.3, -0.25) is 4.79 Å². The van der Waals surface area contributed by atoms with Crippen LogP contribution in [0.15, 0.2) is 36.4 Å². The lowest BCUT2D eigenvalue weighted by atomic mass is 10.1. The zero-order chi connectivity index (χ0) is 17.7. The van der Waals surface area contributed by atoms with Crippen LogP contribution < -0.4 is 14.8 Å². The van der Waals surface area contributed by atoms with Crippen LogP contribution >= 0.6 is 23.2 Å². The molecule has 2 aromatic carbocycles. The van der Waals surface area contributed by atoms with E-state index in [1.165, 1.54) is 31.4 Å². The van der Waals surface area contributed by atoms with Gasteiger partial charge in [-0.1, -0.05) is 29.3 Å². The number of hydrogen-bond donors (Lipinski definition) is 1. The van der Waals surface area contributed by atoms with Crippen molar-refractivity contribution < 1.29 is 23.0 Å². The lowest BCUT2D eigenvalue weighted by molar-refractivity contribution is -0.0512. The standard InChI is InChI=1S/C16H13Cl2F2NO3/c1-23-14-6-9(2-5-13(14)24-16(19)20)8-21-15(22)11-7-10(17)3-4-12(11)18/h2-7,16H,8H2,1H3,(H,21,22). The summed E-state index contributed by atoms with van der Waals surface area (Å²) in [6.07, 6.45) is 0. The largest absolute Gasteiger partial charge is 0.493 e. The molecule has 0 heterocycles. The topological polar surface area (TPSA) is 47.6 Å². The molecule has 0 aliphatic carbocycles. The fourth-order valence-electron chi connectivity index (χ4n) is 1.96. The van der Waals surface area contributed by atoms with E-state index in [-0.39, 0.29) is 28.6 Å². The highest BCUT2D eigenvalue weighted by Crippen LogP contribution is 2.29. The van der Waals surface area contributed by atoms with Crippen LogP contribution in [0, 0.1) is 0 Å². The highest BCUT2D eigenvalue weighted by Gasteiger charge is 2.13. The van der Waals surface area contributed by atoms with Crippen LogP contribution in [0.4, 0.5) is 8.78 Å². The first-order valence-corrected chi connectivity index (χ1v) is 7.51. The molecule has 1 N–H and O–H groups in total. The van der Waals surface area contributed by atoms with E-state index in [9.17, 15) is 13.6 Å². The van der Waals surface area contributed by atoms with Crippen molar-refractivity contribution in [3.05, 3.63) is 57.6 Å². The second-order valence-electron chi connectivity index (χ2n) is 4.67. The number of nitrogens with one attached hydrogen (secondary N) is 1. The molecule has 2 aromatic rings. The van der Waals surface area contributed by atoms with E-state index in [0.29, 0.717) is 10.6 Å². The van der Waals surface area contributed by atoms with E-state index < -0.39 is 12.5 Å². The Morgan fingerprint density at radius 3 is 2.58 bits per heavy atom. The van der Waals surface area contributed by atoms with Crippen LogP contribution in [0.3, 0.4) is 0 Å². The minimum absolute atomic E-state index is 0.0829. The summed E-state index contributed by atoms with van der Waals surface area (Å²) in [5, 5.41) is 3.33. The lowest BCUT2D eigenvalue weighted by Gasteiger charge is -2.12. The minimum Gasteiger partial charge on any atom is -0.493 e. The molecule has 8 heteroatoms. The summed E-state index contributed by atoms with van der Waals surface area (Å²) < 4.78 is 33.9. The molecular formula is C16H13Cl2F2NO3. The van der Waals surface area contributed by atoms with Gasteiger partial charge in [0.1, 0.15) is 0 Å². The molecule has 0 radical (unpaired) electrons. The van der Waals surface area contributed by atoms with Gasteiger partial charge < -0.3 is 14.8 Å². The van der Waals surface area contributed by atoms with Gasteiger partial charge in [0.05, 0.1) is 17.7 Å². The van der Waals surface area contributed by atoms with Crippen molar-refractivity contribution in [1.82, 2.24) is 5.32 Å². The van der Waals surface area contributed by atoms with Crippen molar-refractivity contribution in [2.24, 2.45) is 0 Å². The molecule has 0 spiro atoms. The van der Waals surface area contributed by atoms with Gasteiger partial charge in [-0.15, -0.1) is 0 Å². The molecule has 0 aliphatic heterocycles. The summed E-state index contributed by atoms with van der Waals surface area (Å²) in [4.78, 5) is 12.1. The summed E-state index contributed by atoms with van der Waals surface area (Å²) in [5.41, 5.74) is 0.883. The predicted molar refractivity (Wildman–Crippen MR) is 87.3 cm³/mol. The Morgan fingerprint density at radius 2 is 1.92 bits per heavy atom. The Hall–Kier alpha value is -2.05. The number of carbonyl (C=O) groups excluding carboxylic acids is 1. The zero-order valence-electron chi connectivity index (χ0n) is 12.5. The summed E-state index contributed by atoms with van der Waals surface area (Å²) in [6.45, 7) is -2.80. The highest BCUT2D eigenvalue weighted by molar-refractivity contribution is 6.35. The Morgan fingerprint density at radius 1 is 1.17 bits per heavy atom. The number of amides is 1. The van der Waals surface area contributed by atoms with Crippen LogP contribution in [-0.4, -0.2) is 19.6 Å². The van der Waals surface area contributed by atoms with Crippen molar-refractivity contribution in [2.75, 3.05) is 7.11 Å². The van der Waals surface area contributed by atoms with Crippen molar-refractivity contribution >= 4 is 29.1 Å². The molecule has 128 valence electrons. The second kappa shape index (κ2) is 8.17. The molecule has 0 atom stereocenters. The quantitative estimate of drug-likeness (QED) is 0.806. The van der Waals surface area contributed by atoms with Crippen molar-refractivity contribution in [2.45, 2.75) is 13.2 Å². The van der Waals surface area contributed by atoms with Gasteiger partial charge in [0, 0.05) is 11.6 Å². The molecule has 0 saturated carbocycles. The molecule has 2 rings (SSSR count). The molecule has 24 heavy (non-hydrogen) atoms. The smallest absolute Gasteiger partial charge is 0.387 e. The van der Waals surface area contributed by atoms with Crippen LogP contribution in [-0.2, 0) is 6.54 Å². The van der Waals surface area contributed by atoms with Gasteiger partial charge in [-0.2, -0.15) is 8.78 Å². The summed E-state index contributed by atoms with van der Waals surface area (Å²) in [5.74, 6) is -0.349. The van der Waals surface area contributed by atoms with E-state index in [2.05, 4.69) is 10.1 Å². The van der Waals surface area contributed by atoms with Gasteiger partial charge in [0.15, 0.2) is 11.5 Å². The number of rotatable bonds is 6. The normalized spacial score (nSPS) is 10.6. The van der Waals surface area contributed by atoms with Crippen LogP contribution in [0.25, 0.3) is 0 Å². The number of ether oxygens (including phenoxy) is 2. The average molecular weight is 376 g/mol. The Kier molecular flexibility index (Phi) is 6.23. The molecule has 0 saturated heterocycles. The SMILES string of the molecule is COc1cc(CNC(=O)c2cc(Cl)ccc2Cl)ccc1OC(F)F. The Bertz CT molecular complexity index is 741. The van der Waals surface area contributed by atoms with Gasteiger partial charge in [0.2, 0.25) is 0 Å². The molecule has 0 aliphatic rings. The van der Waals surface area contributed by atoms with Crippen LogP contribution in [0.5, 0.6) is 11.5 Å². The maximum absolute atomic E-state index is 12.3. The van der Waals surface area contributed by atoms with E-state index in [0.717, 1.165) is 0 Å². The van der Waals surface area contributed by atoms with Gasteiger partial charge >= 0.3 is 6.61 Å². The van der Waals surface area contributed by atoms with Gasteiger partial charge in [0.25, 0.3) is 5.91 Å². The summed E-state index contributed by atoms with van der Waals surface area (Å²) in [6, 6.07) is 8.95. The zero-order valence-corrected chi connectivity index (χ0v) is 14.0. The molecule has 0 fully saturated rings. The number of carbonyl (C=O) groups is 1. The monoisotopic (exact) mass is 375 g/mol. The average Bonchev–Trinajstić information content (AvgIpc) is 2.55. The third kappa shape index (κ3) is 4.72. The summed E-state index contributed by atoms with van der Waals surface area (Å²) in [7, 11) is 1.34. The first-order chi connectivity index (χ1) is 11.4. The third-order valence-corrected chi connectivity index (χ3v) is 3.63. The Labute approximate surface area is 147 Å². The number of halogens is 4. The first kappa shape index (κ1) is 18.3. The van der Waals surface area contributed by atoms with E-state index in [1.807, 2.05) is 0 Å². The van der Waals surface area contributed by atoms with E-state index in [1.54, 1.807) is 12.1 Å². The number of alkyl halides is 2. The number of hydrogen-bond acceptors (Lipinski definition) is 3. The van der Waals surface area contributed by atoms with Crippen molar-refractivity contribution in [3.63, 3.8) is 0 Å². The van der Waals surface area contributed by atoms with Crippen molar-refractivity contribution in [3.8, 4) is 11.5 Å². The molecule has 0 unspecified atom stereocenters. The van der Waals surface area contributed by atoms with Crippen molar-refractivity contribution in [1.29, 1.82) is 0 Å². The van der Waals surface area contributed by atoms with E-state index >= 15 is 0 Å². The highest BCUT2D eigenvalue weighted by atomic mass is 35.5. The Balaban J connectivity index is 2.08. The lowest BCUT2D eigenvalue weighted by Crippen LogP contribution is -2.23. The fraction of sp³-hybridized carbons (Fsp3) is 0.188. The van der Waals surface area contributed by atoms with Crippen LogP contribution in [0.2, 0.25) is 10.0 Å². The first-order valence-electron chi connectivity index (χ1n) is 6.75. The predicted octanol–water partition coefficient (Wildman–Crippen LogP) is 4.53. The third-order valence-electron chi connectivity index (χ3n) is 3.07. The second-order valence-corrected chi connectivity index (χ2v) is 5.51. The molecule has 1 amide bonds. The number of methoxy groups -OCH3 is 1. The molecule has 0 aromatic heterocycles. The maximum Gasteiger partial charge on any atom is 0.387 e.